The Morgan fingerprint density at radius 2 is 2.05 bits per heavy atom. The number of hydrogen-bond donors (Lipinski definition) is 2. The molecule has 4 atom stereocenters. The van der Waals surface area contributed by atoms with Gasteiger partial charge in [0.05, 0.1) is 4.90 Å². The topological polar surface area (TPSA) is 72.2 Å². The van der Waals surface area contributed by atoms with Gasteiger partial charge in [-0.1, -0.05) is 18.2 Å². The monoisotopic (exact) mass is 306 g/mol. The predicted molar refractivity (Wildman–Crippen MR) is 84.5 cm³/mol. The molecule has 4 nitrogen and oxygen atoms in total. The summed E-state index contributed by atoms with van der Waals surface area (Å²) in [5.41, 5.74) is 1.50. The second-order valence-electron chi connectivity index (χ2n) is 6.40. The predicted octanol–water partition coefficient (Wildman–Crippen LogP) is 2.66. The molecule has 0 saturated heterocycles. The molecule has 0 amide bonds. The third-order valence-electron chi connectivity index (χ3n) is 4.86. The van der Waals surface area contributed by atoms with Gasteiger partial charge in [-0.2, -0.15) is 0 Å². The number of hydrogen-bond acceptors (Lipinski definition) is 3. The number of benzene rings is 1. The minimum atomic E-state index is -3.67. The second-order valence-corrected chi connectivity index (χ2v) is 7.93. The molecule has 1 fully saturated rings. The average molecular weight is 306 g/mol. The molecular weight excluding hydrogens is 284 g/mol. The highest BCUT2D eigenvalue weighted by atomic mass is 32.2. The first kappa shape index (κ1) is 14.6. The number of primary sulfonamides is 1. The molecule has 1 aromatic rings. The number of anilines is 1. The number of sulfonamides is 1. The Labute approximate surface area is 126 Å². The molecule has 2 aliphatic rings. The van der Waals surface area contributed by atoms with Gasteiger partial charge in [-0.3, -0.25) is 0 Å². The van der Waals surface area contributed by atoms with Crippen LogP contribution >= 0.6 is 0 Å². The molecule has 0 heterocycles. The van der Waals surface area contributed by atoms with Crippen LogP contribution in [-0.4, -0.2) is 14.5 Å². The molecular formula is C16H22N2O2S. The summed E-state index contributed by atoms with van der Waals surface area (Å²) in [4.78, 5) is 0.201. The Bertz CT molecular complexity index is 682. The van der Waals surface area contributed by atoms with Gasteiger partial charge in [0, 0.05) is 11.7 Å². The number of fused-ring (bicyclic) bond motifs is 2. The first-order valence-corrected chi connectivity index (χ1v) is 8.97. The lowest BCUT2D eigenvalue weighted by molar-refractivity contribution is 0.400. The minimum absolute atomic E-state index is 0.201. The van der Waals surface area contributed by atoms with Crippen LogP contribution in [0.5, 0.6) is 0 Å². The summed E-state index contributed by atoms with van der Waals surface area (Å²) in [7, 11) is -3.67. The largest absolute Gasteiger partial charge is 0.382 e. The van der Waals surface area contributed by atoms with E-state index in [-0.39, 0.29) is 4.90 Å². The van der Waals surface area contributed by atoms with E-state index >= 15 is 0 Å². The Morgan fingerprint density at radius 3 is 2.62 bits per heavy atom. The maximum atomic E-state index is 11.6. The zero-order valence-corrected chi connectivity index (χ0v) is 13.2. The van der Waals surface area contributed by atoms with E-state index in [1.54, 1.807) is 19.1 Å². The van der Waals surface area contributed by atoms with Gasteiger partial charge in [-0.25, -0.2) is 13.6 Å². The highest BCUT2D eigenvalue weighted by molar-refractivity contribution is 7.89. The Balaban J connectivity index is 1.78. The highest BCUT2D eigenvalue weighted by Crippen LogP contribution is 2.45. The molecule has 21 heavy (non-hydrogen) atoms. The lowest BCUT2D eigenvalue weighted by atomic mass is 9.87. The quantitative estimate of drug-likeness (QED) is 0.840. The Hall–Kier alpha value is -1.33. The van der Waals surface area contributed by atoms with E-state index in [0.29, 0.717) is 23.4 Å². The first-order valence-electron chi connectivity index (χ1n) is 7.43. The molecule has 4 unspecified atom stereocenters. The molecule has 3 rings (SSSR count). The van der Waals surface area contributed by atoms with Gasteiger partial charge in [-0.05, 0) is 62.1 Å². The lowest BCUT2D eigenvalue weighted by Crippen LogP contribution is -2.29. The standard InChI is InChI=1S/C16H22N2O2S/c1-10-3-6-14(9-16(10)21(17,19)20)18-11(2)15-8-12-4-5-13(15)7-12/h3-6,9,11-13,15,18H,7-8H2,1-2H3,(H2,17,19,20). The van der Waals surface area contributed by atoms with Crippen LogP contribution < -0.4 is 10.5 Å². The number of nitrogens with two attached hydrogens (primary N) is 1. The van der Waals surface area contributed by atoms with E-state index in [1.165, 1.54) is 12.8 Å². The van der Waals surface area contributed by atoms with Gasteiger partial charge in [0.15, 0.2) is 0 Å². The number of rotatable bonds is 4. The molecule has 0 aliphatic heterocycles. The van der Waals surface area contributed by atoms with E-state index in [2.05, 4.69) is 24.4 Å². The Morgan fingerprint density at radius 1 is 1.29 bits per heavy atom. The van der Waals surface area contributed by atoms with Crippen LogP contribution in [0.4, 0.5) is 5.69 Å². The van der Waals surface area contributed by atoms with Gasteiger partial charge in [0.25, 0.3) is 0 Å². The number of nitrogens with one attached hydrogen (secondary N) is 1. The summed E-state index contributed by atoms with van der Waals surface area (Å²) in [5.74, 6) is 2.03. The van der Waals surface area contributed by atoms with Crippen molar-refractivity contribution < 1.29 is 8.42 Å². The zero-order chi connectivity index (χ0) is 15.2. The summed E-state index contributed by atoms with van der Waals surface area (Å²) in [5, 5.41) is 8.72. The van der Waals surface area contributed by atoms with Crippen LogP contribution in [0.15, 0.2) is 35.2 Å². The maximum absolute atomic E-state index is 11.6. The fourth-order valence-electron chi connectivity index (χ4n) is 3.76. The van der Waals surface area contributed by atoms with Crippen molar-refractivity contribution in [3.8, 4) is 0 Å². The van der Waals surface area contributed by atoms with Crippen LogP contribution in [0.1, 0.15) is 25.3 Å². The fraction of sp³-hybridized carbons (Fsp3) is 0.500. The van der Waals surface area contributed by atoms with E-state index in [0.717, 1.165) is 11.6 Å². The smallest absolute Gasteiger partial charge is 0.238 e. The van der Waals surface area contributed by atoms with E-state index in [1.807, 2.05) is 6.07 Å². The molecule has 0 spiro atoms. The van der Waals surface area contributed by atoms with Crippen molar-refractivity contribution in [2.75, 3.05) is 5.32 Å². The van der Waals surface area contributed by atoms with Crippen LogP contribution in [0, 0.1) is 24.7 Å². The van der Waals surface area contributed by atoms with E-state index < -0.39 is 10.0 Å². The van der Waals surface area contributed by atoms with E-state index in [4.69, 9.17) is 5.14 Å². The van der Waals surface area contributed by atoms with Gasteiger partial charge >= 0.3 is 0 Å². The lowest BCUT2D eigenvalue weighted by Gasteiger charge is -2.27. The molecule has 114 valence electrons. The van der Waals surface area contributed by atoms with Crippen molar-refractivity contribution >= 4 is 15.7 Å². The molecule has 5 heteroatoms. The van der Waals surface area contributed by atoms with Crippen LogP contribution in [-0.2, 0) is 10.0 Å². The van der Waals surface area contributed by atoms with Crippen molar-refractivity contribution in [3.05, 3.63) is 35.9 Å². The molecule has 0 radical (unpaired) electrons. The normalized spacial score (nSPS) is 28.8. The van der Waals surface area contributed by atoms with Gasteiger partial charge in [-0.15, -0.1) is 0 Å². The summed E-state index contributed by atoms with van der Waals surface area (Å²) in [6.07, 6.45) is 7.16. The minimum Gasteiger partial charge on any atom is -0.382 e. The van der Waals surface area contributed by atoms with Crippen molar-refractivity contribution in [2.45, 2.75) is 37.6 Å². The van der Waals surface area contributed by atoms with Crippen molar-refractivity contribution in [1.82, 2.24) is 0 Å². The summed E-state index contributed by atoms with van der Waals surface area (Å²) in [6.45, 7) is 3.93. The van der Waals surface area contributed by atoms with Crippen LogP contribution in [0.2, 0.25) is 0 Å². The molecule has 2 bridgehead atoms. The van der Waals surface area contributed by atoms with Crippen molar-refractivity contribution in [3.63, 3.8) is 0 Å². The molecule has 3 N–H and O–H groups in total. The second kappa shape index (κ2) is 5.14. The third-order valence-corrected chi connectivity index (χ3v) is 5.91. The van der Waals surface area contributed by atoms with Gasteiger partial charge in [0.2, 0.25) is 10.0 Å². The SMILES string of the molecule is Cc1ccc(NC(C)C2CC3C=CC2C3)cc1S(N)(=O)=O. The summed E-state index contributed by atoms with van der Waals surface area (Å²) < 4.78 is 23.2. The summed E-state index contributed by atoms with van der Waals surface area (Å²) >= 11 is 0. The van der Waals surface area contributed by atoms with E-state index in [9.17, 15) is 8.42 Å². The van der Waals surface area contributed by atoms with Crippen molar-refractivity contribution in [2.24, 2.45) is 22.9 Å². The molecule has 2 aliphatic carbocycles. The van der Waals surface area contributed by atoms with Crippen molar-refractivity contribution in [1.29, 1.82) is 0 Å². The molecule has 1 aromatic carbocycles. The van der Waals surface area contributed by atoms with Gasteiger partial charge in [0.1, 0.15) is 0 Å². The molecule has 1 saturated carbocycles. The fourth-order valence-corrected chi connectivity index (χ4v) is 4.57. The maximum Gasteiger partial charge on any atom is 0.238 e. The Kier molecular flexibility index (Phi) is 3.58. The van der Waals surface area contributed by atoms with Crippen LogP contribution in [0.25, 0.3) is 0 Å². The third kappa shape index (κ3) is 2.85. The number of aryl methyl sites for hydroxylation is 1. The first-order chi connectivity index (χ1) is 9.84. The highest BCUT2D eigenvalue weighted by Gasteiger charge is 2.38. The average Bonchev–Trinajstić information content (AvgIpc) is 3.02. The van der Waals surface area contributed by atoms with Gasteiger partial charge < -0.3 is 5.32 Å². The number of allylic oxidation sites excluding steroid dienone is 2. The van der Waals surface area contributed by atoms with Crippen LogP contribution in [0.3, 0.4) is 0 Å². The summed E-state index contributed by atoms with van der Waals surface area (Å²) in [6, 6.07) is 5.68. The zero-order valence-electron chi connectivity index (χ0n) is 12.4. The molecule has 0 aromatic heterocycles.